The fourth-order valence-electron chi connectivity index (χ4n) is 2.99. The number of phenolic OH excluding ortho intramolecular Hbond substituents is 1. The second-order valence-corrected chi connectivity index (χ2v) is 8.90. The van der Waals surface area contributed by atoms with E-state index in [1.807, 2.05) is 30.3 Å². The lowest BCUT2D eigenvalue weighted by molar-refractivity contribution is -0.115. The predicted octanol–water partition coefficient (Wildman–Crippen LogP) is 2.51. The Hall–Kier alpha value is -3.69. The van der Waals surface area contributed by atoms with E-state index in [2.05, 4.69) is 10.5 Å². The van der Waals surface area contributed by atoms with Gasteiger partial charge in [0, 0.05) is 13.0 Å². The number of aromatic hydroxyl groups is 1. The minimum Gasteiger partial charge on any atom is -0.508 e. The van der Waals surface area contributed by atoms with Crippen molar-refractivity contribution in [2.75, 3.05) is 6.54 Å². The van der Waals surface area contributed by atoms with E-state index >= 15 is 0 Å². The van der Waals surface area contributed by atoms with Crippen molar-refractivity contribution in [1.29, 1.82) is 0 Å². The number of sulfonamides is 1. The highest BCUT2D eigenvalue weighted by Gasteiger charge is 2.14. The van der Waals surface area contributed by atoms with Crippen molar-refractivity contribution in [3.8, 4) is 5.75 Å². The molecule has 8 nitrogen and oxygen atoms in total. The van der Waals surface area contributed by atoms with Gasteiger partial charge in [-0.3, -0.25) is 4.79 Å². The lowest BCUT2D eigenvalue weighted by Gasteiger charge is -2.09. The van der Waals surface area contributed by atoms with Crippen LogP contribution in [0.2, 0.25) is 0 Å². The van der Waals surface area contributed by atoms with E-state index in [4.69, 9.17) is 9.98 Å². The van der Waals surface area contributed by atoms with Gasteiger partial charge in [0.25, 0.3) is 5.91 Å². The molecule has 1 amide bonds. The first-order valence-corrected chi connectivity index (χ1v) is 11.8. The van der Waals surface area contributed by atoms with E-state index in [0.717, 1.165) is 16.7 Å². The van der Waals surface area contributed by atoms with Gasteiger partial charge >= 0.3 is 0 Å². The zero-order chi connectivity index (χ0) is 23.7. The fourth-order valence-corrected chi connectivity index (χ4v) is 3.50. The van der Waals surface area contributed by atoms with E-state index in [1.165, 1.54) is 12.1 Å². The van der Waals surface area contributed by atoms with Crippen molar-refractivity contribution in [2.24, 2.45) is 10.3 Å². The van der Waals surface area contributed by atoms with Crippen LogP contribution in [0.3, 0.4) is 0 Å². The molecule has 3 aromatic carbocycles. The summed E-state index contributed by atoms with van der Waals surface area (Å²) in [5.74, 6) is -0.243. The number of rotatable bonds is 10. The summed E-state index contributed by atoms with van der Waals surface area (Å²) in [5, 5.41) is 21.5. The summed E-state index contributed by atoms with van der Waals surface area (Å²) in [5.41, 5.74) is 2.76. The zero-order valence-corrected chi connectivity index (χ0v) is 18.7. The average molecular weight is 468 g/mol. The summed E-state index contributed by atoms with van der Waals surface area (Å²) in [6, 6.07) is 22.2. The van der Waals surface area contributed by atoms with Gasteiger partial charge in [0.15, 0.2) is 0 Å². The largest absolute Gasteiger partial charge is 0.508 e. The predicted molar refractivity (Wildman–Crippen MR) is 125 cm³/mol. The fraction of sp³-hybridized carbons (Fsp3) is 0.167. The number of amides is 1. The number of primary sulfonamides is 1. The molecular formula is C24H25N3O5S. The number of nitrogens with zero attached hydrogens (tertiary/aromatic N) is 1. The number of carbonyl (C=O) groups is 1. The molecule has 0 unspecified atom stereocenters. The molecule has 3 rings (SSSR count). The molecule has 0 radical (unpaired) electrons. The molecule has 33 heavy (non-hydrogen) atoms. The van der Waals surface area contributed by atoms with Crippen LogP contribution < -0.4 is 10.5 Å². The van der Waals surface area contributed by atoms with Gasteiger partial charge in [-0.05, 0) is 47.4 Å². The van der Waals surface area contributed by atoms with Crippen LogP contribution in [0.5, 0.6) is 5.75 Å². The molecule has 172 valence electrons. The number of carbonyl (C=O) groups excluding carboxylic acids is 1. The minimum absolute atomic E-state index is 0.0363. The minimum atomic E-state index is -3.74. The van der Waals surface area contributed by atoms with Gasteiger partial charge in [-0.1, -0.05) is 59.8 Å². The maximum absolute atomic E-state index is 12.8. The molecule has 0 saturated carbocycles. The molecule has 0 bridgehead atoms. The van der Waals surface area contributed by atoms with E-state index < -0.39 is 10.0 Å². The van der Waals surface area contributed by atoms with Gasteiger partial charge in [0.1, 0.15) is 18.1 Å². The van der Waals surface area contributed by atoms with Gasteiger partial charge in [0.2, 0.25) is 10.0 Å². The van der Waals surface area contributed by atoms with Crippen LogP contribution >= 0.6 is 0 Å². The number of benzene rings is 3. The summed E-state index contributed by atoms with van der Waals surface area (Å²) in [6.07, 6.45) is 0.720. The quantitative estimate of drug-likeness (QED) is 0.311. The number of hydrogen-bond donors (Lipinski definition) is 3. The standard InChI is InChI=1S/C24H25N3O5S/c25-33(30,31)22-12-8-18(9-13-22)14-15-26-24(29)23(16-19-6-10-21(28)11-7-19)27-32-17-20-4-2-1-3-5-20/h1-13,28H,14-17H2,(H,26,29)(H2,25,30,31)/b27-23+. The smallest absolute Gasteiger partial charge is 0.269 e. The second kappa shape index (κ2) is 11.3. The van der Waals surface area contributed by atoms with Gasteiger partial charge < -0.3 is 15.3 Å². The summed E-state index contributed by atoms with van der Waals surface area (Å²) in [6.45, 7) is 0.546. The highest BCUT2D eigenvalue weighted by Crippen LogP contribution is 2.12. The lowest BCUT2D eigenvalue weighted by Crippen LogP contribution is -2.34. The second-order valence-electron chi connectivity index (χ2n) is 7.34. The average Bonchev–Trinajstić information content (AvgIpc) is 2.80. The topological polar surface area (TPSA) is 131 Å². The first kappa shape index (κ1) is 24.0. The third kappa shape index (κ3) is 7.74. The normalized spacial score (nSPS) is 11.7. The Kier molecular flexibility index (Phi) is 8.17. The molecule has 9 heteroatoms. The molecule has 0 aromatic heterocycles. The molecule has 0 aliphatic rings. The molecule has 0 aliphatic carbocycles. The summed E-state index contributed by atoms with van der Waals surface area (Å²) < 4.78 is 22.7. The number of oxime groups is 1. The van der Waals surface area contributed by atoms with Gasteiger partial charge in [-0.15, -0.1) is 0 Å². The zero-order valence-electron chi connectivity index (χ0n) is 17.8. The Morgan fingerprint density at radius 2 is 1.55 bits per heavy atom. The lowest BCUT2D eigenvalue weighted by atomic mass is 10.1. The maximum Gasteiger partial charge on any atom is 0.269 e. The van der Waals surface area contributed by atoms with E-state index in [9.17, 15) is 18.3 Å². The molecule has 4 N–H and O–H groups in total. The van der Waals surface area contributed by atoms with Crippen LogP contribution in [0.4, 0.5) is 0 Å². The molecular weight excluding hydrogens is 442 g/mol. The van der Waals surface area contributed by atoms with Crippen LogP contribution in [0.15, 0.2) is 88.9 Å². The van der Waals surface area contributed by atoms with Crippen LogP contribution in [0, 0.1) is 0 Å². The first-order chi connectivity index (χ1) is 15.8. The molecule has 0 spiro atoms. The number of hydrogen-bond acceptors (Lipinski definition) is 6. The Labute approximate surface area is 192 Å². The van der Waals surface area contributed by atoms with Crippen molar-refractivity contribution in [3.05, 3.63) is 95.6 Å². The van der Waals surface area contributed by atoms with Crippen LogP contribution in [-0.4, -0.2) is 31.7 Å². The summed E-state index contributed by atoms with van der Waals surface area (Å²) >= 11 is 0. The third-order valence-corrected chi connectivity index (χ3v) is 5.70. The highest BCUT2D eigenvalue weighted by atomic mass is 32.2. The maximum atomic E-state index is 12.8. The molecule has 0 atom stereocenters. The van der Waals surface area contributed by atoms with Crippen LogP contribution in [0.25, 0.3) is 0 Å². The van der Waals surface area contributed by atoms with Gasteiger partial charge in [-0.2, -0.15) is 0 Å². The Balaban J connectivity index is 1.62. The molecule has 0 fully saturated rings. The van der Waals surface area contributed by atoms with Crippen LogP contribution in [0.1, 0.15) is 16.7 Å². The van der Waals surface area contributed by atoms with E-state index in [-0.39, 0.29) is 35.3 Å². The molecule has 0 aliphatic heterocycles. The number of nitrogens with one attached hydrogen (secondary N) is 1. The van der Waals surface area contributed by atoms with E-state index in [0.29, 0.717) is 13.0 Å². The van der Waals surface area contributed by atoms with Crippen molar-refractivity contribution in [1.82, 2.24) is 5.32 Å². The Morgan fingerprint density at radius 1 is 0.909 bits per heavy atom. The molecule has 3 aromatic rings. The first-order valence-electron chi connectivity index (χ1n) is 10.2. The third-order valence-electron chi connectivity index (χ3n) is 4.77. The Morgan fingerprint density at radius 3 is 2.18 bits per heavy atom. The van der Waals surface area contributed by atoms with Gasteiger partial charge in [-0.25, -0.2) is 13.6 Å². The van der Waals surface area contributed by atoms with Crippen molar-refractivity contribution in [3.63, 3.8) is 0 Å². The Bertz CT molecular complexity index is 1190. The monoisotopic (exact) mass is 467 g/mol. The van der Waals surface area contributed by atoms with Crippen molar-refractivity contribution < 1.29 is 23.2 Å². The highest BCUT2D eigenvalue weighted by molar-refractivity contribution is 7.89. The van der Waals surface area contributed by atoms with Crippen molar-refractivity contribution >= 4 is 21.6 Å². The van der Waals surface area contributed by atoms with Crippen molar-refractivity contribution in [2.45, 2.75) is 24.3 Å². The SMILES string of the molecule is NS(=O)(=O)c1ccc(CCNC(=O)/C(Cc2ccc(O)cc2)=N/OCc2ccccc2)cc1. The summed E-state index contributed by atoms with van der Waals surface area (Å²) in [4.78, 5) is 18.2. The molecule has 0 saturated heterocycles. The van der Waals surface area contributed by atoms with Crippen LogP contribution in [-0.2, 0) is 39.1 Å². The summed E-state index contributed by atoms with van der Waals surface area (Å²) in [7, 11) is -3.74. The molecule has 0 heterocycles. The number of phenols is 1. The van der Waals surface area contributed by atoms with E-state index in [1.54, 1.807) is 36.4 Å². The number of nitrogens with two attached hydrogens (primary N) is 1. The van der Waals surface area contributed by atoms with Gasteiger partial charge in [0.05, 0.1) is 4.90 Å².